The summed E-state index contributed by atoms with van der Waals surface area (Å²) in [6.07, 6.45) is 7.99. The van der Waals surface area contributed by atoms with E-state index in [4.69, 9.17) is 0 Å². The van der Waals surface area contributed by atoms with Crippen LogP contribution in [0.2, 0.25) is 0 Å². The first-order valence-corrected chi connectivity index (χ1v) is 9.24. The molecule has 0 aromatic heterocycles. The summed E-state index contributed by atoms with van der Waals surface area (Å²) in [7, 11) is 0. The predicted molar refractivity (Wildman–Crippen MR) is 89.6 cm³/mol. The first-order chi connectivity index (χ1) is 10.5. The molecule has 0 bridgehead atoms. The van der Waals surface area contributed by atoms with Gasteiger partial charge in [-0.05, 0) is 25.7 Å². The SMILES string of the molecule is CCC(O)C1CC(NC2CCCCC2)CN(C(=O)C(C)C)C1. The van der Waals surface area contributed by atoms with Gasteiger partial charge in [0.25, 0.3) is 0 Å². The van der Waals surface area contributed by atoms with E-state index in [-0.39, 0.29) is 23.8 Å². The highest BCUT2D eigenvalue weighted by Gasteiger charge is 2.34. The normalized spacial score (nSPS) is 28.9. The molecule has 1 aliphatic heterocycles. The van der Waals surface area contributed by atoms with E-state index in [1.165, 1.54) is 32.1 Å². The molecule has 1 heterocycles. The molecule has 2 fully saturated rings. The Morgan fingerprint density at radius 2 is 1.86 bits per heavy atom. The lowest BCUT2D eigenvalue weighted by Gasteiger charge is -2.42. The first-order valence-electron chi connectivity index (χ1n) is 9.24. The maximum Gasteiger partial charge on any atom is 0.225 e. The summed E-state index contributed by atoms with van der Waals surface area (Å²) < 4.78 is 0. The van der Waals surface area contributed by atoms with Crippen molar-refractivity contribution in [2.45, 2.75) is 83.9 Å². The van der Waals surface area contributed by atoms with Crippen LogP contribution in [0.15, 0.2) is 0 Å². The Bertz CT molecular complexity index is 351. The van der Waals surface area contributed by atoms with Crippen molar-refractivity contribution in [3.05, 3.63) is 0 Å². The number of aliphatic hydroxyl groups is 1. The van der Waals surface area contributed by atoms with Crippen LogP contribution in [-0.2, 0) is 4.79 Å². The summed E-state index contributed by atoms with van der Waals surface area (Å²) in [4.78, 5) is 14.4. The Morgan fingerprint density at radius 3 is 2.45 bits per heavy atom. The number of amides is 1. The number of aliphatic hydroxyl groups excluding tert-OH is 1. The molecule has 2 N–H and O–H groups in total. The molecule has 3 unspecified atom stereocenters. The zero-order valence-corrected chi connectivity index (χ0v) is 14.6. The molecule has 1 saturated heterocycles. The van der Waals surface area contributed by atoms with Gasteiger partial charge in [-0.25, -0.2) is 0 Å². The quantitative estimate of drug-likeness (QED) is 0.820. The van der Waals surface area contributed by atoms with Gasteiger partial charge in [0.05, 0.1) is 6.10 Å². The molecule has 1 amide bonds. The highest BCUT2D eigenvalue weighted by atomic mass is 16.3. The van der Waals surface area contributed by atoms with Crippen molar-refractivity contribution in [3.63, 3.8) is 0 Å². The Hall–Kier alpha value is -0.610. The van der Waals surface area contributed by atoms with E-state index in [1.54, 1.807) is 0 Å². The van der Waals surface area contributed by atoms with E-state index in [9.17, 15) is 9.90 Å². The number of piperidine rings is 1. The maximum atomic E-state index is 12.4. The fourth-order valence-corrected chi connectivity index (χ4v) is 4.02. The van der Waals surface area contributed by atoms with Gasteiger partial charge in [0.2, 0.25) is 5.91 Å². The standard InChI is InChI=1S/C18H34N2O2/c1-4-17(21)14-10-16(19-15-8-6-5-7-9-15)12-20(11-14)18(22)13(2)3/h13-17,19,21H,4-12H2,1-3H3. The fraction of sp³-hybridized carbons (Fsp3) is 0.944. The summed E-state index contributed by atoms with van der Waals surface area (Å²) in [6, 6.07) is 0.943. The lowest BCUT2D eigenvalue weighted by Crippen LogP contribution is -2.56. The van der Waals surface area contributed by atoms with Crippen LogP contribution in [0, 0.1) is 11.8 Å². The average Bonchev–Trinajstić information content (AvgIpc) is 2.53. The van der Waals surface area contributed by atoms with Crippen molar-refractivity contribution in [2.75, 3.05) is 13.1 Å². The molecule has 0 aromatic carbocycles. The number of rotatable bonds is 5. The molecule has 1 aliphatic carbocycles. The minimum Gasteiger partial charge on any atom is -0.393 e. The molecule has 22 heavy (non-hydrogen) atoms. The monoisotopic (exact) mass is 310 g/mol. The van der Waals surface area contributed by atoms with Crippen LogP contribution in [0.3, 0.4) is 0 Å². The van der Waals surface area contributed by atoms with E-state index in [1.807, 2.05) is 25.7 Å². The molecule has 4 heteroatoms. The molecule has 1 saturated carbocycles. The van der Waals surface area contributed by atoms with Gasteiger partial charge in [0.1, 0.15) is 0 Å². The molecule has 0 radical (unpaired) electrons. The lowest BCUT2D eigenvalue weighted by atomic mass is 9.86. The second kappa shape index (κ2) is 8.30. The molecule has 3 atom stereocenters. The lowest BCUT2D eigenvalue weighted by molar-refractivity contribution is -0.138. The number of hydrogen-bond acceptors (Lipinski definition) is 3. The number of nitrogens with zero attached hydrogens (tertiary/aromatic N) is 1. The minimum absolute atomic E-state index is 0.0350. The van der Waals surface area contributed by atoms with Gasteiger partial charge in [0.15, 0.2) is 0 Å². The van der Waals surface area contributed by atoms with E-state index >= 15 is 0 Å². The third-order valence-corrected chi connectivity index (χ3v) is 5.33. The summed E-state index contributed by atoms with van der Waals surface area (Å²) >= 11 is 0. The summed E-state index contributed by atoms with van der Waals surface area (Å²) in [5.41, 5.74) is 0. The zero-order chi connectivity index (χ0) is 16.1. The van der Waals surface area contributed by atoms with Crippen molar-refractivity contribution in [3.8, 4) is 0 Å². The van der Waals surface area contributed by atoms with E-state index in [0.717, 1.165) is 25.9 Å². The summed E-state index contributed by atoms with van der Waals surface area (Å²) in [5, 5.41) is 14.1. The number of hydrogen-bond donors (Lipinski definition) is 2. The summed E-state index contributed by atoms with van der Waals surface area (Å²) in [6.45, 7) is 7.48. The van der Waals surface area contributed by atoms with E-state index in [2.05, 4.69) is 5.32 Å². The van der Waals surface area contributed by atoms with Crippen molar-refractivity contribution < 1.29 is 9.90 Å². The third kappa shape index (κ3) is 4.69. The number of likely N-dealkylation sites (tertiary alicyclic amines) is 1. The molecule has 4 nitrogen and oxygen atoms in total. The van der Waals surface area contributed by atoms with E-state index in [0.29, 0.717) is 12.1 Å². The molecular weight excluding hydrogens is 276 g/mol. The first kappa shape index (κ1) is 17.7. The van der Waals surface area contributed by atoms with Crippen molar-refractivity contribution >= 4 is 5.91 Å². The van der Waals surface area contributed by atoms with Crippen LogP contribution in [0.25, 0.3) is 0 Å². The maximum absolute atomic E-state index is 12.4. The highest BCUT2D eigenvalue weighted by Crippen LogP contribution is 2.25. The van der Waals surface area contributed by atoms with Gasteiger partial charge in [-0.1, -0.05) is 40.0 Å². The summed E-state index contributed by atoms with van der Waals surface area (Å²) in [5.74, 6) is 0.471. The van der Waals surface area contributed by atoms with Gasteiger partial charge < -0.3 is 15.3 Å². The average molecular weight is 310 g/mol. The van der Waals surface area contributed by atoms with Gasteiger partial charge >= 0.3 is 0 Å². The van der Waals surface area contributed by atoms with Gasteiger partial charge in [-0.2, -0.15) is 0 Å². The Morgan fingerprint density at radius 1 is 1.18 bits per heavy atom. The van der Waals surface area contributed by atoms with Crippen LogP contribution in [-0.4, -0.2) is 47.2 Å². The van der Waals surface area contributed by atoms with Gasteiger partial charge in [0, 0.05) is 37.0 Å². The molecule has 2 rings (SSSR count). The van der Waals surface area contributed by atoms with Crippen LogP contribution in [0.4, 0.5) is 0 Å². The van der Waals surface area contributed by atoms with Crippen molar-refractivity contribution in [1.82, 2.24) is 10.2 Å². The largest absolute Gasteiger partial charge is 0.393 e. The predicted octanol–water partition coefficient (Wildman–Crippen LogP) is 2.55. The third-order valence-electron chi connectivity index (χ3n) is 5.33. The van der Waals surface area contributed by atoms with Crippen LogP contribution >= 0.6 is 0 Å². The number of carbonyl (C=O) groups is 1. The Balaban J connectivity index is 1.99. The molecule has 128 valence electrons. The topological polar surface area (TPSA) is 52.6 Å². The van der Waals surface area contributed by atoms with Crippen LogP contribution in [0.5, 0.6) is 0 Å². The molecular formula is C18H34N2O2. The second-order valence-corrected chi connectivity index (χ2v) is 7.57. The van der Waals surface area contributed by atoms with Crippen molar-refractivity contribution in [1.29, 1.82) is 0 Å². The molecule has 0 spiro atoms. The zero-order valence-electron chi connectivity index (χ0n) is 14.6. The smallest absolute Gasteiger partial charge is 0.225 e. The fourth-order valence-electron chi connectivity index (χ4n) is 4.02. The van der Waals surface area contributed by atoms with Crippen LogP contribution < -0.4 is 5.32 Å². The second-order valence-electron chi connectivity index (χ2n) is 7.57. The molecule has 2 aliphatic rings. The van der Waals surface area contributed by atoms with Crippen molar-refractivity contribution in [2.24, 2.45) is 11.8 Å². The van der Waals surface area contributed by atoms with Crippen LogP contribution in [0.1, 0.15) is 65.7 Å². The van der Waals surface area contributed by atoms with Gasteiger partial charge in [-0.15, -0.1) is 0 Å². The molecule has 0 aromatic rings. The van der Waals surface area contributed by atoms with Gasteiger partial charge in [-0.3, -0.25) is 4.79 Å². The number of carbonyl (C=O) groups excluding carboxylic acids is 1. The highest BCUT2D eigenvalue weighted by molar-refractivity contribution is 5.78. The Kier molecular flexibility index (Phi) is 6.69. The minimum atomic E-state index is -0.293. The Labute approximate surface area is 135 Å². The number of nitrogens with one attached hydrogen (secondary N) is 1. The van der Waals surface area contributed by atoms with E-state index < -0.39 is 0 Å².